The molecule has 1 aliphatic rings. The van der Waals surface area contributed by atoms with Crippen molar-refractivity contribution in [3.05, 3.63) is 75.9 Å². The van der Waals surface area contributed by atoms with E-state index in [1.807, 2.05) is 6.92 Å². The standard InChI is InChI=1S/C23H19N5O4S/c1-10-9-11(32-22-27-7-2-8-28-22)3-4-12(10)23(26)13-5-6-14(24)18-15(13)16(17(25)20(23)29)19(33-18)21(30)31/h2-9,17H,24-26H2,1H3,(H,30,31). The number of aryl methyl sites for hydroxylation is 1. The van der Waals surface area contributed by atoms with E-state index in [9.17, 15) is 14.7 Å². The lowest BCUT2D eigenvalue weighted by molar-refractivity contribution is -0.124. The van der Waals surface area contributed by atoms with Crippen molar-refractivity contribution in [1.29, 1.82) is 0 Å². The van der Waals surface area contributed by atoms with Crippen LogP contribution < -0.4 is 21.9 Å². The fraction of sp³-hybridized carbons (Fsp3) is 0.130. The normalized spacial score (nSPS) is 19.6. The molecule has 7 N–H and O–H groups in total. The molecule has 0 amide bonds. The Kier molecular flexibility index (Phi) is 4.67. The summed E-state index contributed by atoms with van der Waals surface area (Å²) in [4.78, 5) is 33.6. The second-order valence-electron chi connectivity index (χ2n) is 7.82. The van der Waals surface area contributed by atoms with Gasteiger partial charge in [0.25, 0.3) is 0 Å². The van der Waals surface area contributed by atoms with Crippen LogP contribution in [0.4, 0.5) is 5.69 Å². The van der Waals surface area contributed by atoms with E-state index < -0.39 is 23.3 Å². The molecule has 0 saturated carbocycles. The first-order chi connectivity index (χ1) is 15.7. The van der Waals surface area contributed by atoms with Crippen LogP contribution in [0.2, 0.25) is 0 Å². The molecule has 0 bridgehead atoms. The molecule has 0 saturated heterocycles. The van der Waals surface area contributed by atoms with Gasteiger partial charge in [-0.05, 0) is 47.9 Å². The highest BCUT2D eigenvalue weighted by atomic mass is 32.1. The number of ketones is 1. The number of carbonyl (C=O) groups is 2. The van der Waals surface area contributed by atoms with Crippen LogP contribution in [0.5, 0.6) is 11.8 Å². The number of carboxylic acids is 1. The van der Waals surface area contributed by atoms with Gasteiger partial charge in [0.2, 0.25) is 0 Å². The molecule has 0 radical (unpaired) electrons. The van der Waals surface area contributed by atoms with E-state index in [2.05, 4.69) is 9.97 Å². The quantitative estimate of drug-likeness (QED) is 0.334. The molecule has 0 spiro atoms. The summed E-state index contributed by atoms with van der Waals surface area (Å²) >= 11 is 1.00. The van der Waals surface area contributed by atoms with Crippen LogP contribution in [0.1, 0.15) is 38.0 Å². The number of ether oxygens (including phenoxy) is 1. The van der Waals surface area contributed by atoms with Crippen molar-refractivity contribution in [1.82, 2.24) is 9.97 Å². The van der Waals surface area contributed by atoms with Crippen LogP contribution in [0, 0.1) is 6.92 Å². The molecule has 2 heterocycles. The van der Waals surface area contributed by atoms with Gasteiger partial charge in [0.15, 0.2) is 5.78 Å². The molecule has 2 aromatic carbocycles. The average molecular weight is 462 g/mol. The van der Waals surface area contributed by atoms with Gasteiger partial charge in [-0.2, -0.15) is 0 Å². The molecule has 1 aliphatic carbocycles. The summed E-state index contributed by atoms with van der Waals surface area (Å²) in [6, 6.07) is 9.07. The third-order valence-electron chi connectivity index (χ3n) is 5.88. The molecule has 2 aromatic heterocycles. The Morgan fingerprint density at radius 2 is 1.88 bits per heavy atom. The Bertz CT molecular complexity index is 1450. The predicted molar refractivity (Wildman–Crippen MR) is 123 cm³/mol. The molecule has 0 fully saturated rings. The third-order valence-corrected chi connectivity index (χ3v) is 7.12. The molecule has 9 nitrogen and oxygen atoms in total. The second kappa shape index (κ2) is 7.34. The number of hydrogen-bond acceptors (Lipinski definition) is 9. The number of hydrogen-bond donors (Lipinski definition) is 4. The number of nitrogens with zero attached hydrogens (tertiary/aromatic N) is 2. The zero-order chi connectivity index (χ0) is 23.5. The topological polar surface area (TPSA) is 167 Å². The number of aromatic carboxylic acids is 1. The maximum Gasteiger partial charge on any atom is 0.346 e. The lowest BCUT2D eigenvalue weighted by Gasteiger charge is -2.37. The predicted octanol–water partition coefficient (Wildman–Crippen LogP) is 2.86. The highest BCUT2D eigenvalue weighted by Crippen LogP contribution is 2.50. The number of thiophene rings is 1. The molecular weight excluding hydrogens is 442 g/mol. The van der Waals surface area contributed by atoms with E-state index in [1.54, 1.807) is 48.8 Å². The molecule has 166 valence electrons. The number of nitrogen functional groups attached to an aromatic ring is 1. The van der Waals surface area contributed by atoms with Gasteiger partial charge in [-0.25, -0.2) is 14.8 Å². The first-order valence-electron chi connectivity index (χ1n) is 9.97. The van der Waals surface area contributed by atoms with Crippen LogP contribution in [0.15, 0.2) is 48.8 Å². The molecule has 2 atom stereocenters. The van der Waals surface area contributed by atoms with Gasteiger partial charge >= 0.3 is 12.0 Å². The Labute approximate surface area is 191 Å². The van der Waals surface area contributed by atoms with Crippen molar-refractivity contribution in [3.63, 3.8) is 0 Å². The lowest BCUT2D eigenvalue weighted by Crippen LogP contribution is -2.52. The molecule has 10 heteroatoms. The number of nitrogens with two attached hydrogens (primary N) is 3. The van der Waals surface area contributed by atoms with Crippen LogP contribution in [-0.2, 0) is 10.3 Å². The SMILES string of the molecule is Cc1cc(Oc2ncccn2)ccc1C1(N)C(=O)C(N)c2c(C(=O)O)sc3c(N)ccc1c23. The fourth-order valence-corrected chi connectivity index (χ4v) is 5.54. The van der Waals surface area contributed by atoms with E-state index in [1.165, 1.54) is 0 Å². The van der Waals surface area contributed by atoms with Crippen LogP contribution in [0.3, 0.4) is 0 Å². The minimum Gasteiger partial charge on any atom is -0.477 e. The maximum atomic E-state index is 13.6. The molecule has 33 heavy (non-hydrogen) atoms. The van der Waals surface area contributed by atoms with E-state index >= 15 is 0 Å². The summed E-state index contributed by atoms with van der Waals surface area (Å²) in [6.07, 6.45) is 3.13. The van der Waals surface area contributed by atoms with Gasteiger partial charge in [0.05, 0.1) is 10.7 Å². The number of aromatic nitrogens is 2. The van der Waals surface area contributed by atoms with Gasteiger partial charge < -0.3 is 27.0 Å². The highest BCUT2D eigenvalue weighted by Gasteiger charge is 2.49. The van der Waals surface area contributed by atoms with Crippen molar-refractivity contribution >= 4 is 38.9 Å². The van der Waals surface area contributed by atoms with E-state index in [-0.39, 0.29) is 16.5 Å². The summed E-state index contributed by atoms with van der Waals surface area (Å²) in [6.45, 7) is 1.81. The summed E-state index contributed by atoms with van der Waals surface area (Å²) in [5.74, 6) is -1.18. The first-order valence-corrected chi connectivity index (χ1v) is 10.8. The van der Waals surface area contributed by atoms with Gasteiger partial charge in [0.1, 0.15) is 16.2 Å². The fourth-order valence-electron chi connectivity index (χ4n) is 4.40. The minimum atomic E-state index is -1.60. The van der Waals surface area contributed by atoms with Crippen molar-refractivity contribution in [2.75, 3.05) is 5.73 Å². The van der Waals surface area contributed by atoms with Gasteiger partial charge in [-0.1, -0.05) is 12.1 Å². The van der Waals surface area contributed by atoms with E-state index in [4.69, 9.17) is 21.9 Å². The van der Waals surface area contributed by atoms with Crippen molar-refractivity contribution in [2.45, 2.75) is 18.5 Å². The van der Waals surface area contributed by atoms with Crippen LogP contribution in [0.25, 0.3) is 10.1 Å². The lowest BCUT2D eigenvalue weighted by atomic mass is 9.69. The Balaban J connectivity index is 1.70. The molecular formula is C23H19N5O4S. The second-order valence-corrected chi connectivity index (χ2v) is 8.84. The molecule has 2 unspecified atom stereocenters. The van der Waals surface area contributed by atoms with Gasteiger partial charge in [0, 0.05) is 29.0 Å². The zero-order valence-electron chi connectivity index (χ0n) is 17.4. The Morgan fingerprint density at radius 1 is 1.18 bits per heavy atom. The number of carboxylic acid groups (broad SMARTS) is 1. The number of benzene rings is 2. The highest BCUT2D eigenvalue weighted by molar-refractivity contribution is 7.21. The molecule has 0 aliphatic heterocycles. The zero-order valence-corrected chi connectivity index (χ0v) is 18.2. The van der Waals surface area contributed by atoms with Crippen LogP contribution in [-0.4, -0.2) is 26.8 Å². The maximum absolute atomic E-state index is 13.6. The first kappa shape index (κ1) is 21.0. The summed E-state index contributed by atoms with van der Waals surface area (Å²) < 4.78 is 6.24. The third kappa shape index (κ3) is 2.99. The van der Waals surface area contributed by atoms with Gasteiger partial charge in [-0.3, -0.25) is 4.79 Å². The summed E-state index contributed by atoms with van der Waals surface area (Å²) in [7, 11) is 0. The number of Topliss-reactive ketones (excluding diaryl/α,β-unsaturated/α-hetero) is 1. The summed E-state index contributed by atoms with van der Waals surface area (Å²) in [5.41, 5.74) is 20.1. The monoisotopic (exact) mass is 461 g/mol. The van der Waals surface area contributed by atoms with Crippen LogP contribution >= 0.6 is 11.3 Å². The molecule has 5 rings (SSSR count). The number of rotatable bonds is 4. The minimum absolute atomic E-state index is 0.00428. The summed E-state index contributed by atoms with van der Waals surface area (Å²) in [5, 5.41) is 10.2. The number of carbonyl (C=O) groups excluding carboxylic acids is 1. The van der Waals surface area contributed by atoms with Crippen molar-refractivity contribution in [2.24, 2.45) is 11.5 Å². The Hall–Kier alpha value is -3.86. The van der Waals surface area contributed by atoms with Crippen molar-refractivity contribution < 1.29 is 19.4 Å². The van der Waals surface area contributed by atoms with E-state index in [0.717, 1.165) is 11.3 Å². The average Bonchev–Trinajstić information content (AvgIpc) is 3.20. The molecule has 4 aromatic rings. The Morgan fingerprint density at radius 3 is 2.55 bits per heavy atom. The largest absolute Gasteiger partial charge is 0.477 e. The van der Waals surface area contributed by atoms with Crippen molar-refractivity contribution in [3.8, 4) is 11.8 Å². The number of anilines is 1. The smallest absolute Gasteiger partial charge is 0.346 e. The van der Waals surface area contributed by atoms with E-state index in [0.29, 0.717) is 38.2 Å². The van der Waals surface area contributed by atoms with Gasteiger partial charge in [-0.15, -0.1) is 11.3 Å².